The summed E-state index contributed by atoms with van der Waals surface area (Å²) in [5, 5.41) is 3.19. The van der Waals surface area contributed by atoms with Crippen LogP contribution in [0.5, 0.6) is 0 Å². The summed E-state index contributed by atoms with van der Waals surface area (Å²) in [5.74, 6) is 0.0355. The van der Waals surface area contributed by atoms with Crippen LogP contribution in [0, 0.1) is 0 Å². The Kier molecular flexibility index (Phi) is 3.84. The molecule has 0 aliphatic rings. The zero-order valence-corrected chi connectivity index (χ0v) is 11.5. The number of anilines is 2. The van der Waals surface area contributed by atoms with Gasteiger partial charge < -0.3 is 11.1 Å². The number of nitrogens with zero attached hydrogens (tertiary/aromatic N) is 1. The van der Waals surface area contributed by atoms with Gasteiger partial charge in [-0.1, -0.05) is 11.6 Å². The van der Waals surface area contributed by atoms with Gasteiger partial charge in [-0.2, -0.15) is 0 Å². The van der Waals surface area contributed by atoms with Gasteiger partial charge in [-0.05, 0) is 46.3 Å². The van der Waals surface area contributed by atoms with E-state index in [4.69, 9.17) is 17.3 Å². The van der Waals surface area contributed by atoms with Crippen molar-refractivity contribution in [2.75, 3.05) is 11.1 Å². The minimum absolute atomic E-state index is 0.302. The Hall–Kier alpha value is -1.59. The normalized spacial score (nSPS) is 10.1. The van der Waals surface area contributed by atoms with Crippen molar-refractivity contribution in [1.29, 1.82) is 0 Å². The standard InChI is InChI=1S/C12H9BrClN3O/c13-9-6-7(14)3-4-8(9)12(18)17-11-10(15)2-1-5-16-11/h1-6H,15H2,(H,16,17,18). The van der Waals surface area contributed by atoms with Crippen LogP contribution in [-0.2, 0) is 0 Å². The van der Waals surface area contributed by atoms with Gasteiger partial charge in [-0.15, -0.1) is 0 Å². The average Bonchev–Trinajstić information content (AvgIpc) is 2.32. The average molecular weight is 327 g/mol. The van der Waals surface area contributed by atoms with Crippen molar-refractivity contribution < 1.29 is 4.79 Å². The molecule has 0 unspecified atom stereocenters. The molecule has 2 aromatic rings. The summed E-state index contributed by atoms with van der Waals surface area (Å²) in [5.41, 5.74) is 6.57. The topological polar surface area (TPSA) is 68.0 Å². The van der Waals surface area contributed by atoms with E-state index in [1.807, 2.05) is 0 Å². The van der Waals surface area contributed by atoms with E-state index < -0.39 is 0 Å². The molecule has 1 heterocycles. The molecule has 0 spiro atoms. The van der Waals surface area contributed by atoms with Crippen molar-refractivity contribution in [2.45, 2.75) is 0 Å². The van der Waals surface area contributed by atoms with Crippen LogP contribution in [0.25, 0.3) is 0 Å². The summed E-state index contributed by atoms with van der Waals surface area (Å²) < 4.78 is 0.613. The number of amides is 1. The highest BCUT2D eigenvalue weighted by atomic mass is 79.9. The lowest BCUT2D eigenvalue weighted by Crippen LogP contribution is -2.14. The molecule has 0 aliphatic heterocycles. The van der Waals surface area contributed by atoms with Gasteiger partial charge in [0.05, 0.1) is 11.3 Å². The van der Waals surface area contributed by atoms with E-state index in [-0.39, 0.29) is 5.91 Å². The van der Waals surface area contributed by atoms with Gasteiger partial charge in [0, 0.05) is 15.7 Å². The third-order valence-electron chi connectivity index (χ3n) is 2.25. The molecule has 3 N–H and O–H groups in total. The zero-order valence-electron chi connectivity index (χ0n) is 9.15. The van der Waals surface area contributed by atoms with E-state index in [0.717, 1.165) is 0 Å². The Balaban J connectivity index is 2.25. The summed E-state index contributed by atoms with van der Waals surface area (Å²) in [6.45, 7) is 0. The van der Waals surface area contributed by atoms with Crippen LogP contribution in [0.3, 0.4) is 0 Å². The first-order chi connectivity index (χ1) is 8.58. The van der Waals surface area contributed by atoms with Crippen molar-refractivity contribution in [3.05, 3.63) is 51.6 Å². The predicted octanol–water partition coefficient (Wildman–Crippen LogP) is 3.33. The van der Waals surface area contributed by atoms with Crippen molar-refractivity contribution in [3.8, 4) is 0 Å². The van der Waals surface area contributed by atoms with Crippen molar-refractivity contribution >= 4 is 44.9 Å². The highest BCUT2D eigenvalue weighted by Gasteiger charge is 2.12. The van der Waals surface area contributed by atoms with E-state index >= 15 is 0 Å². The molecule has 0 bridgehead atoms. The van der Waals surface area contributed by atoms with E-state index in [1.54, 1.807) is 36.5 Å². The smallest absolute Gasteiger partial charge is 0.258 e. The van der Waals surface area contributed by atoms with Crippen LogP contribution < -0.4 is 11.1 Å². The lowest BCUT2D eigenvalue weighted by atomic mass is 10.2. The van der Waals surface area contributed by atoms with Gasteiger partial charge in [-0.3, -0.25) is 4.79 Å². The highest BCUT2D eigenvalue weighted by Crippen LogP contribution is 2.23. The quantitative estimate of drug-likeness (QED) is 0.889. The van der Waals surface area contributed by atoms with Crippen molar-refractivity contribution in [2.24, 2.45) is 0 Å². The molecule has 0 aliphatic carbocycles. The largest absolute Gasteiger partial charge is 0.396 e. The molecule has 0 saturated carbocycles. The fraction of sp³-hybridized carbons (Fsp3) is 0. The monoisotopic (exact) mass is 325 g/mol. The fourth-order valence-electron chi connectivity index (χ4n) is 1.37. The molecule has 6 heteroatoms. The van der Waals surface area contributed by atoms with Gasteiger partial charge in [0.25, 0.3) is 5.91 Å². The maximum atomic E-state index is 12.0. The Morgan fingerprint density at radius 2 is 2.17 bits per heavy atom. The second-order valence-corrected chi connectivity index (χ2v) is 4.81. The number of nitrogens with one attached hydrogen (secondary N) is 1. The van der Waals surface area contributed by atoms with Crippen molar-refractivity contribution in [1.82, 2.24) is 4.98 Å². The second kappa shape index (κ2) is 5.37. The minimum Gasteiger partial charge on any atom is -0.396 e. The molecule has 4 nitrogen and oxygen atoms in total. The van der Waals surface area contributed by atoms with E-state index in [1.165, 1.54) is 0 Å². The van der Waals surface area contributed by atoms with Crippen molar-refractivity contribution in [3.63, 3.8) is 0 Å². The van der Waals surface area contributed by atoms with Gasteiger partial charge in [0.2, 0.25) is 0 Å². The van der Waals surface area contributed by atoms with Crippen LogP contribution in [0.15, 0.2) is 41.0 Å². The Morgan fingerprint density at radius 1 is 1.39 bits per heavy atom. The lowest BCUT2D eigenvalue weighted by molar-refractivity contribution is 0.102. The van der Waals surface area contributed by atoms with Gasteiger partial charge in [-0.25, -0.2) is 4.98 Å². The van der Waals surface area contributed by atoms with Gasteiger partial charge >= 0.3 is 0 Å². The highest BCUT2D eigenvalue weighted by molar-refractivity contribution is 9.10. The van der Waals surface area contributed by atoms with Crippen LogP contribution in [0.2, 0.25) is 5.02 Å². The molecule has 0 fully saturated rings. The van der Waals surface area contributed by atoms with Crippen LogP contribution >= 0.6 is 27.5 Å². The molecule has 1 aromatic heterocycles. The summed E-state index contributed by atoms with van der Waals surface area (Å²) in [7, 11) is 0. The summed E-state index contributed by atoms with van der Waals surface area (Å²) in [6, 6.07) is 8.28. The fourth-order valence-corrected chi connectivity index (χ4v) is 2.23. The van der Waals surface area contributed by atoms with Gasteiger partial charge in [0.15, 0.2) is 5.82 Å². The number of nitrogens with two attached hydrogens (primary N) is 1. The number of rotatable bonds is 2. The third-order valence-corrected chi connectivity index (χ3v) is 3.14. The summed E-state index contributed by atoms with van der Waals surface area (Å²) in [4.78, 5) is 16.0. The van der Waals surface area contributed by atoms with Crippen LogP contribution in [0.4, 0.5) is 11.5 Å². The molecular formula is C12H9BrClN3O. The first-order valence-corrected chi connectivity index (χ1v) is 6.22. The maximum absolute atomic E-state index is 12.0. The molecule has 0 saturated heterocycles. The summed E-state index contributed by atoms with van der Waals surface area (Å²) >= 11 is 9.10. The minimum atomic E-state index is -0.302. The molecule has 92 valence electrons. The van der Waals surface area contributed by atoms with E-state index in [0.29, 0.717) is 26.6 Å². The molecule has 1 aromatic carbocycles. The lowest BCUT2D eigenvalue weighted by Gasteiger charge is -2.08. The number of carbonyl (C=O) groups excluding carboxylic acids is 1. The Labute approximate surface area is 117 Å². The molecule has 1 amide bonds. The second-order valence-electron chi connectivity index (χ2n) is 3.52. The molecule has 0 radical (unpaired) electrons. The van der Waals surface area contributed by atoms with Crippen LogP contribution in [0.1, 0.15) is 10.4 Å². The number of benzene rings is 1. The number of carbonyl (C=O) groups is 1. The Bertz CT molecular complexity index is 604. The van der Waals surface area contributed by atoms with E-state index in [9.17, 15) is 4.79 Å². The van der Waals surface area contributed by atoms with Crippen LogP contribution in [-0.4, -0.2) is 10.9 Å². The predicted molar refractivity (Wildman–Crippen MR) is 75.8 cm³/mol. The summed E-state index contributed by atoms with van der Waals surface area (Å²) in [6.07, 6.45) is 1.56. The molecular weight excluding hydrogens is 318 g/mol. The Morgan fingerprint density at radius 3 is 2.83 bits per heavy atom. The number of aromatic nitrogens is 1. The number of halogens is 2. The number of pyridine rings is 1. The SMILES string of the molecule is Nc1cccnc1NC(=O)c1ccc(Cl)cc1Br. The third kappa shape index (κ3) is 2.80. The molecule has 2 rings (SSSR count). The van der Waals surface area contributed by atoms with Gasteiger partial charge in [0.1, 0.15) is 0 Å². The maximum Gasteiger partial charge on any atom is 0.258 e. The number of nitrogen functional groups attached to an aromatic ring is 1. The number of hydrogen-bond donors (Lipinski definition) is 2. The first-order valence-electron chi connectivity index (χ1n) is 5.05. The molecule has 0 atom stereocenters. The van der Waals surface area contributed by atoms with E-state index in [2.05, 4.69) is 26.2 Å². The zero-order chi connectivity index (χ0) is 13.1. The number of hydrogen-bond acceptors (Lipinski definition) is 3. The first kappa shape index (κ1) is 12.9. The molecule has 18 heavy (non-hydrogen) atoms.